The fourth-order valence-electron chi connectivity index (χ4n) is 4.39. The lowest BCUT2D eigenvalue weighted by Crippen LogP contribution is -2.56. The van der Waals surface area contributed by atoms with Crippen LogP contribution in [0, 0.1) is 0 Å². The van der Waals surface area contributed by atoms with Crippen molar-refractivity contribution in [3.63, 3.8) is 0 Å². The third-order valence-corrected chi connectivity index (χ3v) is 6.44. The molecule has 0 radical (unpaired) electrons. The van der Waals surface area contributed by atoms with E-state index in [1.165, 1.54) is 30.0 Å². The van der Waals surface area contributed by atoms with Crippen LogP contribution >= 0.6 is 0 Å². The van der Waals surface area contributed by atoms with E-state index in [1.807, 2.05) is 12.1 Å². The van der Waals surface area contributed by atoms with Gasteiger partial charge in [-0.25, -0.2) is 9.78 Å². The molecule has 1 saturated heterocycles. The van der Waals surface area contributed by atoms with E-state index in [4.69, 9.17) is 14.2 Å². The second-order valence-corrected chi connectivity index (χ2v) is 10.8. The maximum Gasteiger partial charge on any atom is 0.409 e. The van der Waals surface area contributed by atoms with Crippen LogP contribution in [0.1, 0.15) is 44.6 Å². The molecule has 1 aromatic carbocycles. The first-order chi connectivity index (χ1) is 19.8. The Morgan fingerprint density at radius 1 is 1.05 bits per heavy atom. The number of piperazine rings is 1. The molecule has 42 heavy (non-hydrogen) atoms. The summed E-state index contributed by atoms with van der Waals surface area (Å²) in [6, 6.07) is 7.34. The van der Waals surface area contributed by atoms with Gasteiger partial charge in [-0.15, -0.1) is 0 Å². The number of carbonyl (C=O) groups excluding carboxylic acids is 5. The molecule has 4 amide bonds. The number of esters is 1. The molecule has 1 atom stereocenters. The summed E-state index contributed by atoms with van der Waals surface area (Å²) in [5.41, 5.74) is -0.203. The summed E-state index contributed by atoms with van der Waals surface area (Å²) >= 11 is 0. The van der Waals surface area contributed by atoms with Gasteiger partial charge < -0.3 is 34.2 Å². The highest BCUT2D eigenvalue weighted by atomic mass is 16.6. The Morgan fingerprint density at radius 2 is 1.69 bits per heavy atom. The molecule has 0 saturated carbocycles. The number of ether oxygens (including phenoxy) is 3. The maximum atomic E-state index is 13.6. The lowest BCUT2D eigenvalue weighted by Gasteiger charge is -2.36. The number of carbonyl (C=O) groups is 5. The molecular formula is C29H39N5O8. The Hall–Kier alpha value is -4.42. The number of hydrogen-bond donors (Lipinski definition) is 1. The SMILES string of the molecule is CCOC(=O)N1CCN(C(=O)C(CC(=O)N(C)CC(=O)OC(C)(C)C)NC(=O)c2cc(OC)c3ccccc3n2)CC1. The predicted molar refractivity (Wildman–Crippen MR) is 153 cm³/mol. The highest BCUT2D eigenvalue weighted by Gasteiger charge is 2.33. The minimum atomic E-state index is -1.26. The monoisotopic (exact) mass is 585 g/mol. The highest BCUT2D eigenvalue weighted by molar-refractivity contribution is 6.00. The van der Waals surface area contributed by atoms with Crippen molar-refractivity contribution in [1.82, 2.24) is 25.0 Å². The number of nitrogens with one attached hydrogen (secondary N) is 1. The second-order valence-electron chi connectivity index (χ2n) is 10.8. The number of fused-ring (bicyclic) bond motifs is 1. The van der Waals surface area contributed by atoms with Gasteiger partial charge in [-0.3, -0.25) is 19.2 Å². The number of para-hydroxylation sites is 1. The quantitative estimate of drug-likeness (QED) is 0.435. The molecule has 0 aliphatic carbocycles. The topological polar surface area (TPSA) is 148 Å². The molecule has 1 N–H and O–H groups in total. The largest absolute Gasteiger partial charge is 0.496 e. The molecule has 1 aliphatic heterocycles. The van der Waals surface area contributed by atoms with E-state index in [1.54, 1.807) is 39.8 Å². The van der Waals surface area contributed by atoms with Gasteiger partial charge in [0.1, 0.15) is 29.6 Å². The molecule has 2 heterocycles. The van der Waals surface area contributed by atoms with E-state index in [2.05, 4.69) is 10.3 Å². The van der Waals surface area contributed by atoms with Gasteiger partial charge in [0.25, 0.3) is 5.91 Å². The summed E-state index contributed by atoms with van der Waals surface area (Å²) in [4.78, 5) is 73.1. The first-order valence-corrected chi connectivity index (χ1v) is 13.7. The number of rotatable bonds is 9. The molecule has 13 nitrogen and oxygen atoms in total. The molecule has 0 bridgehead atoms. The molecule has 3 rings (SSSR count). The normalized spacial score (nSPS) is 14.1. The lowest BCUT2D eigenvalue weighted by atomic mass is 10.1. The van der Waals surface area contributed by atoms with Gasteiger partial charge in [0.05, 0.1) is 25.7 Å². The van der Waals surface area contributed by atoms with Crippen molar-refractivity contribution >= 4 is 40.7 Å². The van der Waals surface area contributed by atoms with Gasteiger partial charge in [-0.2, -0.15) is 0 Å². The Balaban J connectivity index is 1.80. The number of aromatic nitrogens is 1. The molecule has 1 aliphatic rings. The van der Waals surface area contributed by atoms with Gasteiger partial charge in [0.15, 0.2) is 0 Å². The van der Waals surface area contributed by atoms with Crippen LogP contribution in [0.3, 0.4) is 0 Å². The van der Waals surface area contributed by atoms with Crippen LogP contribution in [0.25, 0.3) is 10.9 Å². The summed E-state index contributed by atoms with van der Waals surface area (Å²) in [7, 11) is 2.90. The first-order valence-electron chi connectivity index (χ1n) is 13.7. The zero-order valence-electron chi connectivity index (χ0n) is 25.0. The molecule has 13 heteroatoms. The minimum Gasteiger partial charge on any atom is -0.496 e. The average Bonchev–Trinajstić information content (AvgIpc) is 2.94. The van der Waals surface area contributed by atoms with Crippen LogP contribution in [0.2, 0.25) is 0 Å². The molecule has 1 unspecified atom stereocenters. The summed E-state index contributed by atoms with van der Waals surface area (Å²) in [6.07, 6.45) is -0.878. The first kappa shape index (κ1) is 32.1. The summed E-state index contributed by atoms with van der Waals surface area (Å²) < 4.78 is 15.8. The van der Waals surface area contributed by atoms with Crippen molar-refractivity contribution in [2.75, 3.05) is 53.5 Å². The summed E-state index contributed by atoms with van der Waals surface area (Å²) in [6.45, 7) is 7.62. The maximum absolute atomic E-state index is 13.6. The van der Waals surface area contributed by atoms with Gasteiger partial charge >= 0.3 is 12.1 Å². The molecule has 0 spiro atoms. The number of benzene rings is 1. The van der Waals surface area contributed by atoms with Crippen molar-refractivity contribution in [1.29, 1.82) is 0 Å². The van der Waals surface area contributed by atoms with Crippen LogP contribution in [0.4, 0.5) is 4.79 Å². The zero-order valence-corrected chi connectivity index (χ0v) is 25.0. The number of nitrogens with zero attached hydrogens (tertiary/aromatic N) is 4. The predicted octanol–water partition coefficient (Wildman–Crippen LogP) is 1.83. The standard InChI is InChI=1S/C29H39N5O8/c1-7-41-28(39)34-14-12-33(13-15-34)27(38)22(17-24(35)32(5)18-25(36)42-29(2,3)4)31-26(37)21-16-23(40-6)19-10-8-9-11-20(19)30-21/h8-11,16,22H,7,12-15,17-18H2,1-6H3,(H,31,37). The number of methoxy groups -OCH3 is 1. The van der Waals surface area contributed by atoms with Crippen molar-refractivity contribution in [3.05, 3.63) is 36.0 Å². The van der Waals surface area contributed by atoms with Crippen molar-refractivity contribution in [3.8, 4) is 5.75 Å². The van der Waals surface area contributed by atoms with Crippen LogP contribution < -0.4 is 10.1 Å². The van der Waals surface area contributed by atoms with Crippen molar-refractivity contribution in [2.45, 2.75) is 45.8 Å². The van der Waals surface area contributed by atoms with Gasteiger partial charge in [0.2, 0.25) is 11.8 Å². The number of likely N-dealkylation sites (N-methyl/N-ethyl adjacent to an activating group) is 1. The van der Waals surface area contributed by atoms with E-state index in [9.17, 15) is 24.0 Å². The fourth-order valence-corrected chi connectivity index (χ4v) is 4.39. The molecule has 1 aromatic heterocycles. The van der Waals surface area contributed by atoms with E-state index >= 15 is 0 Å². The van der Waals surface area contributed by atoms with E-state index in [0.29, 0.717) is 16.7 Å². The van der Waals surface area contributed by atoms with Gasteiger partial charge in [-0.1, -0.05) is 12.1 Å². The second kappa shape index (κ2) is 14.0. The molecule has 2 aromatic rings. The smallest absolute Gasteiger partial charge is 0.409 e. The third kappa shape index (κ3) is 8.54. The highest BCUT2D eigenvalue weighted by Crippen LogP contribution is 2.25. The minimum absolute atomic E-state index is 0.00467. The van der Waals surface area contributed by atoms with Crippen molar-refractivity contribution in [2.24, 2.45) is 0 Å². The van der Waals surface area contributed by atoms with Crippen LogP contribution in [-0.4, -0.2) is 115 Å². The summed E-state index contributed by atoms with van der Waals surface area (Å²) in [5, 5.41) is 3.37. The number of hydrogen-bond acceptors (Lipinski definition) is 9. The van der Waals surface area contributed by atoms with Gasteiger partial charge in [0, 0.05) is 44.7 Å². The van der Waals surface area contributed by atoms with Crippen LogP contribution in [0.5, 0.6) is 5.75 Å². The number of amides is 4. The van der Waals surface area contributed by atoms with Crippen molar-refractivity contribution < 1.29 is 38.2 Å². The molecule has 228 valence electrons. The lowest BCUT2D eigenvalue weighted by molar-refractivity contribution is -0.158. The van der Waals surface area contributed by atoms with E-state index in [0.717, 1.165) is 4.90 Å². The third-order valence-electron chi connectivity index (χ3n) is 6.44. The summed E-state index contributed by atoms with van der Waals surface area (Å²) in [5.74, 6) is -1.90. The Bertz CT molecular complexity index is 1320. The fraction of sp³-hybridized carbons (Fsp3) is 0.517. The molecular weight excluding hydrogens is 546 g/mol. The zero-order chi connectivity index (χ0) is 31.0. The van der Waals surface area contributed by atoms with E-state index < -0.39 is 47.8 Å². The number of pyridine rings is 1. The Kier molecular flexibility index (Phi) is 10.7. The van der Waals surface area contributed by atoms with Crippen LogP contribution in [0.15, 0.2) is 30.3 Å². The Morgan fingerprint density at radius 3 is 2.31 bits per heavy atom. The van der Waals surface area contributed by atoms with E-state index in [-0.39, 0.29) is 45.0 Å². The molecule has 1 fully saturated rings. The van der Waals surface area contributed by atoms with Crippen LogP contribution in [-0.2, 0) is 23.9 Å². The Labute approximate surface area is 245 Å². The van der Waals surface area contributed by atoms with Gasteiger partial charge in [-0.05, 0) is 39.8 Å². The average molecular weight is 586 g/mol.